The summed E-state index contributed by atoms with van der Waals surface area (Å²) in [5.41, 5.74) is 0. The number of hydrogen-bond donors (Lipinski definition) is 0. The minimum absolute atomic E-state index is 0.0700. The van der Waals surface area contributed by atoms with Crippen molar-refractivity contribution in [3.63, 3.8) is 0 Å². The first-order valence-corrected chi connectivity index (χ1v) is 33.6. The summed E-state index contributed by atoms with van der Waals surface area (Å²) in [5, 5.41) is 0. The Kier molecular flexibility index (Phi) is 62.6. The van der Waals surface area contributed by atoms with E-state index in [4.69, 9.17) is 14.2 Å². The lowest BCUT2D eigenvalue weighted by Crippen LogP contribution is -2.30. The van der Waals surface area contributed by atoms with Crippen molar-refractivity contribution in [1.82, 2.24) is 0 Å². The van der Waals surface area contributed by atoms with Crippen molar-refractivity contribution in [2.75, 3.05) is 13.2 Å². The average molecular weight is 1070 g/mol. The molecule has 444 valence electrons. The van der Waals surface area contributed by atoms with Gasteiger partial charge in [-0.05, 0) is 83.5 Å². The zero-order valence-corrected chi connectivity index (χ0v) is 51.0. The van der Waals surface area contributed by atoms with Gasteiger partial charge in [0, 0.05) is 19.3 Å². The Morgan fingerprint density at radius 3 is 0.750 bits per heavy atom. The van der Waals surface area contributed by atoms with Gasteiger partial charge >= 0.3 is 17.9 Å². The maximum atomic E-state index is 12.9. The number of unbranched alkanes of at least 4 members (excludes halogenated alkanes) is 43. The molecule has 0 bridgehead atoms. The van der Waals surface area contributed by atoms with Crippen LogP contribution in [0.5, 0.6) is 0 Å². The second kappa shape index (κ2) is 64.9. The molecule has 76 heavy (non-hydrogen) atoms. The van der Waals surface area contributed by atoms with Gasteiger partial charge in [-0.25, -0.2) is 0 Å². The SMILES string of the molecule is CCCCCCC/C=C\C/C=C\C/C=C\CCCCCCCCCCCCCCCCCCCCC(=O)OCC(COC(=O)CCCCCCCCCC)OC(=O)CCCCCCCCC/C=C\CCCCCCCC. The standard InChI is InChI=1S/C70H128O6/c1-4-7-10-13-16-19-21-23-25-27-28-29-30-31-32-33-34-35-36-37-38-39-40-41-42-44-45-47-49-51-54-57-60-63-69(72)75-66-67(65-74-68(71)62-59-56-53-18-15-12-9-6-3)76-70(73)64-61-58-55-52-50-48-46-43-26-24-22-20-17-14-11-8-5-2/h21,23-24,26-28,30-31,67H,4-20,22,25,29,32-66H2,1-3H3/b23-21-,26-24-,28-27-,31-30-. The fraction of sp³-hybridized carbons (Fsp3) is 0.843. The third kappa shape index (κ3) is 62.2. The van der Waals surface area contributed by atoms with E-state index in [1.54, 1.807) is 0 Å². The fourth-order valence-electron chi connectivity index (χ4n) is 9.98. The maximum absolute atomic E-state index is 12.9. The van der Waals surface area contributed by atoms with E-state index in [1.807, 2.05) is 0 Å². The van der Waals surface area contributed by atoms with Crippen LogP contribution in [0.15, 0.2) is 48.6 Å². The second-order valence-electron chi connectivity index (χ2n) is 22.7. The first kappa shape index (κ1) is 73.4. The predicted octanol–water partition coefficient (Wildman–Crippen LogP) is 22.9. The molecule has 0 aliphatic rings. The van der Waals surface area contributed by atoms with Crippen LogP contribution in [0.1, 0.15) is 361 Å². The number of hydrogen-bond acceptors (Lipinski definition) is 6. The predicted molar refractivity (Wildman–Crippen MR) is 330 cm³/mol. The highest BCUT2D eigenvalue weighted by molar-refractivity contribution is 5.71. The molecule has 0 aromatic carbocycles. The number of allylic oxidation sites excluding steroid dienone is 8. The van der Waals surface area contributed by atoms with Crippen LogP contribution in [0.4, 0.5) is 0 Å². The van der Waals surface area contributed by atoms with Gasteiger partial charge in [-0.1, -0.05) is 307 Å². The minimum atomic E-state index is -0.771. The van der Waals surface area contributed by atoms with Crippen molar-refractivity contribution in [2.45, 2.75) is 367 Å². The van der Waals surface area contributed by atoms with E-state index < -0.39 is 6.10 Å². The molecule has 0 N–H and O–H groups in total. The van der Waals surface area contributed by atoms with Gasteiger partial charge in [-0.2, -0.15) is 0 Å². The van der Waals surface area contributed by atoms with E-state index in [2.05, 4.69) is 69.4 Å². The second-order valence-corrected chi connectivity index (χ2v) is 22.7. The molecule has 6 heteroatoms. The first-order valence-electron chi connectivity index (χ1n) is 33.6. The molecule has 1 atom stereocenters. The number of carbonyl (C=O) groups is 3. The molecule has 0 radical (unpaired) electrons. The van der Waals surface area contributed by atoms with Crippen LogP contribution in [0.25, 0.3) is 0 Å². The zero-order valence-electron chi connectivity index (χ0n) is 51.0. The lowest BCUT2D eigenvalue weighted by Gasteiger charge is -2.18. The maximum Gasteiger partial charge on any atom is 0.306 e. The highest BCUT2D eigenvalue weighted by atomic mass is 16.6. The van der Waals surface area contributed by atoms with Crippen LogP contribution in [0, 0.1) is 0 Å². The molecule has 0 spiro atoms. The topological polar surface area (TPSA) is 78.9 Å². The van der Waals surface area contributed by atoms with Gasteiger partial charge in [0.25, 0.3) is 0 Å². The van der Waals surface area contributed by atoms with Gasteiger partial charge in [0.05, 0.1) is 0 Å². The molecule has 0 fully saturated rings. The van der Waals surface area contributed by atoms with Crippen molar-refractivity contribution < 1.29 is 28.6 Å². The van der Waals surface area contributed by atoms with E-state index in [1.165, 1.54) is 250 Å². The van der Waals surface area contributed by atoms with Gasteiger partial charge in [-0.3, -0.25) is 14.4 Å². The minimum Gasteiger partial charge on any atom is -0.462 e. The van der Waals surface area contributed by atoms with E-state index in [0.29, 0.717) is 19.3 Å². The molecular weight excluding hydrogens is 937 g/mol. The first-order chi connectivity index (χ1) is 37.5. The smallest absolute Gasteiger partial charge is 0.306 e. The molecule has 0 heterocycles. The van der Waals surface area contributed by atoms with Crippen molar-refractivity contribution in [1.29, 1.82) is 0 Å². The average Bonchev–Trinajstić information content (AvgIpc) is 3.42. The van der Waals surface area contributed by atoms with Gasteiger partial charge in [-0.15, -0.1) is 0 Å². The molecule has 0 aromatic heterocycles. The quantitative estimate of drug-likeness (QED) is 0.0261. The van der Waals surface area contributed by atoms with E-state index in [9.17, 15) is 14.4 Å². The summed E-state index contributed by atoms with van der Waals surface area (Å²) < 4.78 is 16.9. The van der Waals surface area contributed by atoms with E-state index in [-0.39, 0.29) is 31.1 Å². The Morgan fingerprint density at radius 2 is 0.474 bits per heavy atom. The van der Waals surface area contributed by atoms with Crippen LogP contribution in [0.2, 0.25) is 0 Å². The summed E-state index contributed by atoms with van der Waals surface area (Å²) >= 11 is 0. The van der Waals surface area contributed by atoms with Gasteiger partial charge in [0.2, 0.25) is 0 Å². The summed E-state index contributed by atoms with van der Waals surface area (Å²) in [6.07, 6.45) is 81.6. The Balaban J connectivity index is 4.02. The summed E-state index contributed by atoms with van der Waals surface area (Å²) in [4.78, 5) is 38.1. The molecule has 0 amide bonds. The van der Waals surface area contributed by atoms with Crippen LogP contribution < -0.4 is 0 Å². The van der Waals surface area contributed by atoms with Crippen LogP contribution in [-0.4, -0.2) is 37.2 Å². The fourth-order valence-corrected chi connectivity index (χ4v) is 9.98. The molecule has 6 nitrogen and oxygen atoms in total. The van der Waals surface area contributed by atoms with Gasteiger partial charge < -0.3 is 14.2 Å². The number of ether oxygens (including phenoxy) is 3. The lowest BCUT2D eigenvalue weighted by molar-refractivity contribution is -0.167. The van der Waals surface area contributed by atoms with Crippen LogP contribution >= 0.6 is 0 Å². The highest BCUT2D eigenvalue weighted by Crippen LogP contribution is 2.17. The summed E-state index contributed by atoms with van der Waals surface area (Å²) in [5.74, 6) is -0.859. The zero-order chi connectivity index (χ0) is 55.0. The Labute approximate surface area is 473 Å². The Bertz CT molecular complexity index is 1310. The number of carbonyl (C=O) groups excluding carboxylic acids is 3. The van der Waals surface area contributed by atoms with Crippen molar-refractivity contribution >= 4 is 17.9 Å². The monoisotopic (exact) mass is 1060 g/mol. The van der Waals surface area contributed by atoms with Crippen LogP contribution in [-0.2, 0) is 28.6 Å². The molecule has 0 aliphatic heterocycles. The summed E-state index contributed by atoms with van der Waals surface area (Å²) in [7, 11) is 0. The van der Waals surface area contributed by atoms with Crippen LogP contribution in [0.3, 0.4) is 0 Å². The number of esters is 3. The molecular formula is C70H128O6. The van der Waals surface area contributed by atoms with Crippen molar-refractivity contribution in [3.8, 4) is 0 Å². The molecule has 0 saturated carbocycles. The number of rotatable bonds is 62. The molecule has 0 aliphatic carbocycles. The third-order valence-corrected chi connectivity index (χ3v) is 15.1. The Morgan fingerprint density at radius 1 is 0.263 bits per heavy atom. The normalized spacial score (nSPS) is 12.3. The van der Waals surface area contributed by atoms with Crippen molar-refractivity contribution in [3.05, 3.63) is 48.6 Å². The van der Waals surface area contributed by atoms with Crippen molar-refractivity contribution in [2.24, 2.45) is 0 Å². The van der Waals surface area contributed by atoms with E-state index >= 15 is 0 Å². The molecule has 1 unspecified atom stereocenters. The highest BCUT2D eigenvalue weighted by Gasteiger charge is 2.19. The van der Waals surface area contributed by atoms with Gasteiger partial charge in [0.1, 0.15) is 13.2 Å². The Hall–Kier alpha value is -2.63. The largest absolute Gasteiger partial charge is 0.462 e. The lowest BCUT2D eigenvalue weighted by atomic mass is 10.0. The molecule has 0 aromatic rings. The molecule has 0 saturated heterocycles. The van der Waals surface area contributed by atoms with Gasteiger partial charge in [0.15, 0.2) is 6.10 Å². The summed E-state index contributed by atoms with van der Waals surface area (Å²) in [6, 6.07) is 0. The summed E-state index contributed by atoms with van der Waals surface area (Å²) in [6.45, 7) is 6.64. The third-order valence-electron chi connectivity index (χ3n) is 15.1. The molecule has 0 rings (SSSR count). The van der Waals surface area contributed by atoms with E-state index in [0.717, 1.165) is 70.6 Å².